The van der Waals surface area contributed by atoms with Crippen LogP contribution in [0.4, 0.5) is 5.69 Å². The number of anilines is 1. The minimum atomic E-state index is -0.311. The van der Waals surface area contributed by atoms with Crippen molar-refractivity contribution < 1.29 is 14.6 Å². The number of phenolic OH excluding ortho intramolecular Hbond substituents is 1. The maximum atomic E-state index is 12.0. The lowest BCUT2D eigenvalue weighted by Gasteiger charge is -2.06. The van der Waals surface area contributed by atoms with Gasteiger partial charge in [-0.15, -0.1) is 0 Å². The van der Waals surface area contributed by atoms with E-state index in [4.69, 9.17) is 4.74 Å². The molecule has 0 heterocycles. The molecule has 0 aromatic heterocycles. The van der Waals surface area contributed by atoms with Crippen molar-refractivity contribution in [1.82, 2.24) is 5.43 Å². The molecule has 0 atom stereocenters. The zero-order valence-corrected chi connectivity index (χ0v) is 14.2. The Morgan fingerprint density at radius 3 is 2.61 bits per heavy atom. The lowest BCUT2D eigenvalue weighted by atomic mass is 10.2. The van der Waals surface area contributed by atoms with Gasteiger partial charge in [0, 0.05) is 18.3 Å². The number of amides is 1. The monoisotopic (exact) mass is 377 g/mol. The van der Waals surface area contributed by atoms with E-state index < -0.39 is 0 Å². The van der Waals surface area contributed by atoms with Crippen LogP contribution < -0.4 is 15.5 Å². The van der Waals surface area contributed by atoms with E-state index in [1.807, 2.05) is 7.05 Å². The summed E-state index contributed by atoms with van der Waals surface area (Å²) in [5, 5.41) is 16.6. The van der Waals surface area contributed by atoms with Gasteiger partial charge in [-0.25, -0.2) is 5.43 Å². The SMILES string of the molecule is CNc1ccc(C(=O)N/N=C/c2cc(Br)c(O)c(OC)c2)cc1. The molecule has 0 saturated carbocycles. The number of hydrazone groups is 1. The van der Waals surface area contributed by atoms with Gasteiger partial charge in [0.15, 0.2) is 11.5 Å². The summed E-state index contributed by atoms with van der Waals surface area (Å²) >= 11 is 3.22. The highest BCUT2D eigenvalue weighted by Gasteiger charge is 2.08. The van der Waals surface area contributed by atoms with Gasteiger partial charge >= 0.3 is 0 Å². The lowest BCUT2D eigenvalue weighted by Crippen LogP contribution is -2.17. The molecule has 6 nitrogen and oxygen atoms in total. The Morgan fingerprint density at radius 1 is 1.30 bits per heavy atom. The highest BCUT2D eigenvalue weighted by Crippen LogP contribution is 2.34. The molecule has 2 aromatic carbocycles. The molecule has 0 fully saturated rings. The molecule has 0 bridgehead atoms. The molecule has 7 heteroatoms. The van der Waals surface area contributed by atoms with E-state index in [2.05, 4.69) is 31.8 Å². The Bertz CT molecular complexity index is 730. The minimum Gasteiger partial charge on any atom is -0.503 e. The number of halogens is 1. The van der Waals surface area contributed by atoms with Gasteiger partial charge in [0.2, 0.25) is 0 Å². The van der Waals surface area contributed by atoms with Gasteiger partial charge < -0.3 is 15.2 Å². The molecule has 120 valence electrons. The maximum absolute atomic E-state index is 12.0. The Morgan fingerprint density at radius 2 is 2.00 bits per heavy atom. The fourth-order valence-electron chi connectivity index (χ4n) is 1.84. The topological polar surface area (TPSA) is 83.0 Å². The van der Waals surface area contributed by atoms with Crippen molar-refractivity contribution in [1.29, 1.82) is 0 Å². The number of carbonyl (C=O) groups excluding carboxylic acids is 1. The molecule has 0 spiro atoms. The molecule has 0 radical (unpaired) electrons. The summed E-state index contributed by atoms with van der Waals surface area (Å²) in [6, 6.07) is 10.3. The van der Waals surface area contributed by atoms with E-state index in [-0.39, 0.29) is 11.7 Å². The molecule has 0 aliphatic heterocycles. The molecule has 2 rings (SSSR count). The number of phenols is 1. The summed E-state index contributed by atoms with van der Waals surface area (Å²) in [4.78, 5) is 12.0. The molecule has 3 N–H and O–H groups in total. The molecule has 0 aliphatic rings. The van der Waals surface area contributed by atoms with Crippen LogP contribution in [0.1, 0.15) is 15.9 Å². The Hall–Kier alpha value is -2.54. The summed E-state index contributed by atoms with van der Waals surface area (Å²) < 4.78 is 5.53. The second kappa shape index (κ2) is 7.64. The molecular formula is C16H16BrN3O3. The van der Waals surface area contributed by atoms with Gasteiger partial charge in [-0.05, 0) is 57.9 Å². The average molecular weight is 378 g/mol. The third-order valence-electron chi connectivity index (χ3n) is 3.09. The fraction of sp³-hybridized carbons (Fsp3) is 0.125. The van der Waals surface area contributed by atoms with E-state index >= 15 is 0 Å². The van der Waals surface area contributed by atoms with E-state index in [1.165, 1.54) is 13.3 Å². The summed E-state index contributed by atoms with van der Waals surface area (Å²) in [7, 11) is 3.27. The van der Waals surface area contributed by atoms with Crippen LogP contribution in [0, 0.1) is 0 Å². The number of rotatable bonds is 5. The quantitative estimate of drug-likeness (QED) is 0.552. The van der Waals surface area contributed by atoms with Crippen LogP contribution >= 0.6 is 15.9 Å². The fourth-order valence-corrected chi connectivity index (χ4v) is 2.30. The largest absolute Gasteiger partial charge is 0.503 e. The van der Waals surface area contributed by atoms with E-state index in [1.54, 1.807) is 36.4 Å². The van der Waals surface area contributed by atoms with Crippen LogP contribution in [0.5, 0.6) is 11.5 Å². The first kappa shape index (κ1) is 16.8. The first-order valence-corrected chi connectivity index (χ1v) is 7.52. The first-order chi connectivity index (χ1) is 11.0. The van der Waals surface area contributed by atoms with Gasteiger partial charge in [-0.1, -0.05) is 0 Å². The van der Waals surface area contributed by atoms with Crippen molar-refractivity contribution in [3.63, 3.8) is 0 Å². The third kappa shape index (κ3) is 4.23. The summed E-state index contributed by atoms with van der Waals surface area (Å²) in [6.07, 6.45) is 1.46. The molecule has 1 amide bonds. The first-order valence-electron chi connectivity index (χ1n) is 6.73. The number of methoxy groups -OCH3 is 1. The van der Waals surface area contributed by atoms with Crippen LogP contribution in [0.15, 0.2) is 46.0 Å². The number of nitrogens with one attached hydrogen (secondary N) is 2. The molecule has 23 heavy (non-hydrogen) atoms. The van der Waals surface area contributed by atoms with E-state index in [9.17, 15) is 9.90 Å². The molecule has 0 unspecified atom stereocenters. The summed E-state index contributed by atoms with van der Waals surface area (Å²) in [6.45, 7) is 0. The predicted octanol–water partition coefficient (Wildman–Crippen LogP) is 2.97. The van der Waals surface area contributed by atoms with Crippen LogP contribution in [0.25, 0.3) is 0 Å². The number of nitrogens with zero attached hydrogens (tertiary/aromatic N) is 1. The van der Waals surface area contributed by atoms with Gasteiger partial charge in [-0.3, -0.25) is 4.79 Å². The maximum Gasteiger partial charge on any atom is 0.271 e. The smallest absolute Gasteiger partial charge is 0.271 e. The standard InChI is InChI=1S/C16H16BrN3O3/c1-18-12-5-3-11(4-6-12)16(22)20-19-9-10-7-13(17)15(21)14(8-10)23-2/h3-9,18,21H,1-2H3,(H,20,22)/b19-9+. The molecule has 0 saturated heterocycles. The number of ether oxygens (including phenoxy) is 1. The van der Waals surface area contributed by atoms with E-state index in [0.717, 1.165) is 5.69 Å². The minimum absolute atomic E-state index is 0.0123. The number of benzene rings is 2. The van der Waals surface area contributed by atoms with Crippen molar-refractivity contribution in [3.8, 4) is 11.5 Å². The second-order valence-corrected chi connectivity index (χ2v) is 5.43. The molecular weight excluding hydrogens is 362 g/mol. The highest BCUT2D eigenvalue weighted by atomic mass is 79.9. The van der Waals surface area contributed by atoms with Gasteiger partial charge in [0.25, 0.3) is 5.91 Å². The normalized spacial score (nSPS) is 10.6. The van der Waals surface area contributed by atoms with Crippen molar-refractivity contribution in [2.24, 2.45) is 5.10 Å². The second-order valence-electron chi connectivity index (χ2n) is 4.58. The van der Waals surface area contributed by atoms with E-state index in [0.29, 0.717) is 21.3 Å². The van der Waals surface area contributed by atoms with Crippen molar-refractivity contribution in [2.75, 3.05) is 19.5 Å². The summed E-state index contributed by atoms with van der Waals surface area (Å²) in [5.41, 5.74) is 4.54. The summed E-state index contributed by atoms with van der Waals surface area (Å²) in [5.74, 6) is 0.0156. The number of aromatic hydroxyl groups is 1. The lowest BCUT2D eigenvalue weighted by molar-refractivity contribution is 0.0955. The Labute approximate surface area is 142 Å². The van der Waals surface area contributed by atoms with Crippen LogP contribution in [0.2, 0.25) is 0 Å². The van der Waals surface area contributed by atoms with Crippen LogP contribution in [-0.2, 0) is 0 Å². The van der Waals surface area contributed by atoms with Crippen LogP contribution in [0.3, 0.4) is 0 Å². The molecule has 2 aromatic rings. The van der Waals surface area contributed by atoms with Crippen molar-refractivity contribution >= 4 is 33.7 Å². The Kier molecular flexibility index (Phi) is 5.59. The zero-order valence-electron chi connectivity index (χ0n) is 12.6. The average Bonchev–Trinajstić information content (AvgIpc) is 2.57. The number of hydrogen-bond acceptors (Lipinski definition) is 5. The van der Waals surface area contributed by atoms with Gasteiger partial charge in [0.1, 0.15) is 0 Å². The Balaban J connectivity index is 2.06. The predicted molar refractivity (Wildman–Crippen MR) is 93.4 cm³/mol. The third-order valence-corrected chi connectivity index (χ3v) is 3.69. The zero-order chi connectivity index (χ0) is 16.8. The van der Waals surface area contributed by atoms with Crippen molar-refractivity contribution in [3.05, 3.63) is 52.0 Å². The number of carbonyl (C=O) groups is 1. The molecule has 0 aliphatic carbocycles. The van der Waals surface area contributed by atoms with Gasteiger partial charge in [0.05, 0.1) is 17.8 Å². The number of hydrogen-bond donors (Lipinski definition) is 3. The van der Waals surface area contributed by atoms with Crippen LogP contribution in [-0.4, -0.2) is 31.4 Å². The van der Waals surface area contributed by atoms with Crippen molar-refractivity contribution in [2.45, 2.75) is 0 Å². The highest BCUT2D eigenvalue weighted by molar-refractivity contribution is 9.10. The van der Waals surface area contributed by atoms with Gasteiger partial charge in [-0.2, -0.15) is 5.10 Å².